The average molecular weight is 343 g/mol. The number of urea groups is 1. The van der Waals surface area contributed by atoms with Crippen molar-refractivity contribution in [3.8, 4) is 11.4 Å². The Kier molecular flexibility index (Phi) is 4.77. The Morgan fingerprint density at radius 2 is 1.62 bits per heavy atom. The molecule has 2 N–H and O–H groups in total. The third kappa shape index (κ3) is 3.91. The Bertz CT molecular complexity index is 829. The fourth-order valence-corrected chi connectivity index (χ4v) is 2.17. The summed E-state index contributed by atoms with van der Waals surface area (Å²) in [5.41, 5.74) is 2.14. The molecule has 122 valence electrons. The van der Waals surface area contributed by atoms with Gasteiger partial charge in [-0.05, 0) is 48.5 Å². The molecule has 3 rings (SSSR count). The maximum Gasteiger partial charge on any atom is 0.323 e. The van der Waals surface area contributed by atoms with Crippen LogP contribution < -0.4 is 10.6 Å². The molecule has 0 saturated carbocycles. The third-order valence-electron chi connectivity index (χ3n) is 3.27. The summed E-state index contributed by atoms with van der Waals surface area (Å²) >= 11 is 5.81. The molecule has 0 atom stereocenters. The van der Waals surface area contributed by atoms with Crippen molar-refractivity contribution in [2.75, 3.05) is 10.6 Å². The lowest BCUT2D eigenvalue weighted by Gasteiger charge is -2.08. The molecule has 0 aliphatic carbocycles. The molecular weight excluding hydrogens is 328 g/mol. The van der Waals surface area contributed by atoms with E-state index in [0.717, 1.165) is 5.56 Å². The van der Waals surface area contributed by atoms with Gasteiger partial charge in [-0.3, -0.25) is 0 Å². The molecule has 0 aliphatic rings. The summed E-state index contributed by atoms with van der Waals surface area (Å²) in [6.07, 6.45) is 0.692. The zero-order chi connectivity index (χ0) is 16.9. The fraction of sp³-hybridized carbons (Fsp3) is 0.118. The highest BCUT2D eigenvalue weighted by molar-refractivity contribution is 6.30. The van der Waals surface area contributed by atoms with Crippen LogP contribution in [0.1, 0.15) is 12.8 Å². The van der Waals surface area contributed by atoms with Crippen LogP contribution in [0.3, 0.4) is 0 Å². The van der Waals surface area contributed by atoms with E-state index in [1.54, 1.807) is 36.4 Å². The van der Waals surface area contributed by atoms with E-state index in [9.17, 15) is 4.79 Å². The molecule has 6 nitrogen and oxygen atoms in total. The predicted octanol–water partition coefficient (Wildman–Crippen LogP) is 4.60. The van der Waals surface area contributed by atoms with Crippen molar-refractivity contribution in [1.82, 2.24) is 10.1 Å². The van der Waals surface area contributed by atoms with Crippen molar-refractivity contribution >= 4 is 29.0 Å². The monoisotopic (exact) mass is 342 g/mol. The lowest BCUT2D eigenvalue weighted by molar-refractivity contribution is 0.262. The van der Waals surface area contributed by atoms with Crippen molar-refractivity contribution in [3.63, 3.8) is 0 Å². The quantitative estimate of drug-likeness (QED) is 0.726. The van der Waals surface area contributed by atoms with E-state index in [4.69, 9.17) is 16.1 Å². The van der Waals surface area contributed by atoms with E-state index in [0.29, 0.717) is 34.5 Å². The molecule has 0 unspecified atom stereocenters. The molecule has 0 radical (unpaired) electrons. The molecule has 0 aliphatic heterocycles. The van der Waals surface area contributed by atoms with E-state index < -0.39 is 0 Å². The zero-order valence-corrected chi connectivity index (χ0v) is 13.7. The van der Waals surface area contributed by atoms with Gasteiger partial charge in [0.15, 0.2) is 0 Å². The van der Waals surface area contributed by atoms with Crippen molar-refractivity contribution in [2.45, 2.75) is 13.3 Å². The molecule has 2 aromatic carbocycles. The largest absolute Gasteiger partial charge is 0.339 e. The van der Waals surface area contributed by atoms with Crippen LogP contribution in [-0.4, -0.2) is 16.2 Å². The number of amides is 2. The first-order valence-electron chi connectivity index (χ1n) is 7.40. The van der Waals surface area contributed by atoms with Gasteiger partial charge in [-0.15, -0.1) is 0 Å². The van der Waals surface area contributed by atoms with Crippen molar-refractivity contribution < 1.29 is 9.32 Å². The van der Waals surface area contributed by atoms with Crippen LogP contribution in [0, 0.1) is 0 Å². The first kappa shape index (κ1) is 16.0. The average Bonchev–Trinajstić information content (AvgIpc) is 3.07. The van der Waals surface area contributed by atoms with Gasteiger partial charge in [0.2, 0.25) is 11.7 Å². The van der Waals surface area contributed by atoms with Crippen LogP contribution >= 0.6 is 11.6 Å². The maximum atomic E-state index is 12.0. The first-order valence-corrected chi connectivity index (χ1v) is 7.78. The molecule has 0 bridgehead atoms. The van der Waals surface area contributed by atoms with E-state index >= 15 is 0 Å². The zero-order valence-electron chi connectivity index (χ0n) is 12.9. The van der Waals surface area contributed by atoms with Gasteiger partial charge in [-0.2, -0.15) is 4.98 Å². The summed E-state index contributed by atoms with van der Waals surface area (Å²) in [4.78, 5) is 16.2. The van der Waals surface area contributed by atoms with Crippen LogP contribution in [0.4, 0.5) is 16.2 Å². The summed E-state index contributed by atoms with van der Waals surface area (Å²) in [7, 11) is 0. The summed E-state index contributed by atoms with van der Waals surface area (Å²) in [6, 6.07) is 13.7. The number of nitrogens with zero attached hydrogens (tertiary/aromatic N) is 2. The topological polar surface area (TPSA) is 80.0 Å². The summed E-state index contributed by atoms with van der Waals surface area (Å²) < 4.78 is 5.09. The van der Waals surface area contributed by atoms with E-state index in [-0.39, 0.29) is 6.03 Å². The minimum atomic E-state index is -0.335. The van der Waals surface area contributed by atoms with Gasteiger partial charge < -0.3 is 15.2 Å². The number of anilines is 2. The van der Waals surface area contributed by atoms with Gasteiger partial charge in [0.25, 0.3) is 0 Å². The molecule has 2 amide bonds. The highest BCUT2D eigenvalue weighted by atomic mass is 35.5. The number of benzene rings is 2. The normalized spacial score (nSPS) is 10.4. The Balaban J connectivity index is 1.63. The minimum absolute atomic E-state index is 0.335. The number of nitrogens with one attached hydrogen (secondary N) is 2. The van der Waals surface area contributed by atoms with Gasteiger partial charge in [-0.25, -0.2) is 4.79 Å². The molecule has 3 aromatic rings. The number of halogens is 1. The van der Waals surface area contributed by atoms with E-state index in [2.05, 4.69) is 20.8 Å². The molecule has 0 fully saturated rings. The van der Waals surface area contributed by atoms with Crippen LogP contribution in [-0.2, 0) is 6.42 Å². The van der Waals surface area contributed by atoms with Gasteiger partial charge in [0, 0.05) is 28.4 Å². The molecule has 7 heteroatoms. The van der Waals surface area contributed by atoms with Crippen molar-refractivity contribution in [2.24, 2.45) is 0 Å². The molecule has 1 heterocycles. The van der Waals surface area contributed by atoms with Gasteiger partial charge >= 0.3 is 6.03 Å². The summed E-state index contributed by atoms with van der Waals surface area (Å²) in [5, 5.41) is 10.0. The highest BCUT2D eigenvalue weighted by Crippen LogP contribution is 2.19. The second-order valence-electron chi connectivity index (χ2n) is 5.03. The minimum Gasteiger partial charge on any atom is -0.339 e. The number of aryl methyl sites for hydroxylation is 1. The summed E-state index contributed by atoms with van der Waals surface area (Å²) in [5.74, 6) is 1.12. The van der Waals surface area contributed by atoms with E-state index in [1.807, 2.05) is 19.1 Å². The second-order valence-corrected chi connectivity index (χ2v) is 5.47. The number of rotatable bonds is 4. The Morgan fingerprint density at radius 1 is 1.04 bits per heavy atom. The number of carbonyl (C=O) groups excluding carboxylic acids is 1. The summed E-state index contributed by atoms with van der Waals surface area (Å²) in [6.45, 7) is 1.95. The van der Waals surface area contributed by atoms with Crippen LogP contribution in [0.15, 0.2) is 53.1 Å². The standard InChI is InChI=1S/C17H15ClN4O2/c1-2-15-21-16(22-24-15)11-3-7-13(8-4-11)19-17(23)20-14-9-5-12(18)6-10-14/h3-10H,2H2,1H3,(H2,19,20,23). The second kappa shape index (κ2) is 7.14. The van der Waals surface area contributed by atoms with Crippen molar-refractivity contribution in [1.29, 1.82) is 0 Å². The Hall–Kier alpha value is -2.86. The van der Waals surface area contributed by atoms with E-state index in [1.165, 1.54) is 0 Å². The van der Waals surface area contributed by atoms with Crippen LogP contribution in [0.5, 0.6) is 0 Å². The predicted molar refractivity (Wildman–Crippen MR) is 93.2 cm³/mol. The first-order chi connectivity index (χ1) is 11.6. The number of hydrogen-bond donors (Lipinski definition) is 2. The molecule has 24 heavy (non-hydrogen) atoms. The molecule has 0 spiro atoms. The van der Waals surface area contributed by atoms with Gasteiger partial charge in [-0.1, -0.05) is 23.7 Å². The third-order valence-corrected chi connectivity index (χ3v) is 3.53. The maximum absolute atomic E-state index is 12.0. The van der Waals surface area contributed by atoms with Gasteiger partial charge in [0.05, 0.1) is 0 Å². The smallest absolute Gasteiger partial charge is 0.323 e. The number of carbonyl (C=O) groups is 1. The fourth-order valence-electron chi connectivity index (χ4n) is 2.05. The number of aromatic nitrogens is 2. The SMILES string of the molecule is CCc1nc(-c2ccc(NC(=O)Nc3ccc(Cl)cc3)cc2)no1. The lowest BCUT2D eigenvalue weighted by Crippen LogP contribution is -2.19. The number of hydrogen-bond acceptors (Lipinski definition) is 4. The molecule has 1 aromatic heterocycles. The molecular formula is C17H15ClN4O2. The van der Waals surface area contributed by atoms with Crippen LogP contribution in [0.2, 0.25) is 5.02 Å². The van der Waals surface area contributed by atoms with Gasteiger partial charge in [0.1, 0.15) is 0 Å². The Labute approximate surface area is 143 Å². The van der Waals surface area contributed by atoms with Crippen molar-refractivity contribution in [3.05, 3.63) is 59.4 Å². The van der Waals surface area contributed by atoms with Crippen LogP contribution in [0.25, 0.3) is 11.4 Å². The molecule has 0 saturated heterocycles. The lowest BCUT2D eigenvalue weighted by atomic mass is 10.2. The highest BCUT2D eigenvalue weighted by Gasteiger charge is 2.08. The Morgan fingerprint density at radius 3 is 2.17 bits per heavy atom.